The summed E-state index contributed by atoms with van der Waals surface area (Å²) in [6, 6.07) is 1.74. The minimum Gasteiger partial charge on any atom is -0.348 e. The Morgan fingerprint density at radius 3 is 2.61 bits per heavy atom. The van der Waals surface area contributed by atoms with Crippen LogP contribution in [0.5, 0.6) is 0 Å². The third-order valence-corrected chi connectivity index (χ3v) is 2.75. The maximum Gasteiger partial charge on any atom is 0.254 e. The number of aryl methyl sites for hydroxylation is 1. The van der Waals surface area contributed by atoms with Crippen LogP contribution in [0.3, 0.4) is 0 Å². The molecule has 5 heteroatoms. The Morgan fingerprint density at radius 1 is 1.39 bits per heavy atom. The van der Waals surface area contributed by atoms with Crippen molar-refractivity contribution in [1.29, 1.82) is 0 Å². The second kappa shape index (κ2) is 6.44. The van der Waals surface area contributed by atoms with Gasteiger partial charge in [0.1, 0.15) is 11.6 Å². The Balaban J connectivity index is 2.87. The third kappa shape index (κ3) is 3.50. The lowest BCUT2D eigenvalue weighted by molar-refractivity contribution is 0.0932. The van der Waals surface area contributed by atoms with Gasteiger partial charge in [0.05, 0.1) is 5.56 Å². The molecule has 0 aliphatic carbocycles. The summed E-state index contributed by atoms with van der Waals surface area (Å²) in [7, 11) is 0. The van der Waals surface area contributed by atoms with Crippen molar-refractivity contribution >= 4 is 5.91 Å². The minimum absolute atomic E-state index is 0.150. The van der Waals surface area contributed by atoms with Crippen LogP contribution in [0.25, 0.3) is 0 Å². The molecule has 18 heavy (non-hydrogen) atoms. The average Bonchev–Trinajstić information content (AvgIpc) is 2.33. The number of carbonyl (C=O) groups is 1. The van der Waals surface area contributed by atoms with E-state index >= 15 is 0 Å². The zero-order valence-electron chi connectivity index (χ0n) is 10.6. The van der Waals surface area contributed by atoms with Gasteiger partial charge in [-0.3, -0.25) is 4.79 Å². The quantitative estimate of drug-likeness (QED) is 0.848. The van der Waals surface area contributed by atoms with Gasteiger partial charge in [-0.15, -0.1) is 0 Å². The summed E-state index contributed by atoms with van der Waals surface area (Å²) < 4.78 is 26.6. The molecule has 0 heterocycles. The lowest BCUT2D eigenvalue weighted by Gasteiger charge is -2.16. The first kappa shape index (κ1) is 14.6. The normalized spacial score (nSPS) is 12.3. The van der Waals surface area contributed by atoms with Crippen molar-refractivity contribution in [3.8, 4) is 0 Å². The van der Waals surface area contributed by atoms with E-state index in [-0.39, 0.29) is 17.2 Å². The molecular weight excluding hydrogens is 238 g/mol. The van der Waals surface area contributed by atoms with Gasteiger partial charge in [-0.2, -0.15) is 0 Å². The molecule has 0 aromatic heterocycles. The third-order valence-electron chi connectivity index (χ3n) is 2.75. The summed E-state index contributed by atoms with van der Waals surface area (Å²) in [4.78, 5) is 11.8. The number of nitrogens with two attached hydrogens (primary N) is 1. The van der Waals surface area contributed by atoms with Crippen molar-refractivity contribution in [2.75, 3.05) is 6.54 Å². The molecule has 0 spiro atoms. The van der Waals surface area contributed by atoms with Crippen LogP contribution in [0.15, 0.2) is 12.1 Å². The molecule has 0 saturated heterocycles. The molecule has 1 atom stereocenters. The van der Waals surface area contributed by atoms with Crippen molar-refractivity contribution in [1.82, 2.24) is 5.32 Å². The van der Waals surface area contributed by atoms with Gasteiger partial charge in [-0.25, -0.2) is 8.78 Å². The maximum absolute atomic E-state index is 13.5. The zero-order chi connectivity index (χ0) is 13.7. The van der Waals surface area contributed by atoms with Crippen LogP contribution in [0.1, 0.15) is 35.7 Å². The second-order valence-electron chi connectivity index (χ2n) is 4.28. The molecule has 1 aromatic rings. The predicted molar refractivity (Wildman–Crippen MR) is 66.3 cm³/mol. The SMILES string of the molecule is CCCC(CN)NC(=O)c1cc(C)c(F)cc1F. The van der Waals surface area contributed by atoms with E-state index < -0.39 is 17.5 Å². The first-order valence-electron chi connectivity index (χ1n) is 5.96. The van der Waals surface area contributed by atoms with Gasteiger partial charge >= 0.3 is 0 Å². The number of amides is 1. The molecule has 1 unspecified atom stereocenters. The van der Waals surface area contributed by atoms with Crippen molar-refractivity contribution in [2.24, 2.45) is 5.73 Å². The molecule has 1 aromatic carbocycles. The van der Waals surface area contributed by atoms with Gasteiger partial charge in [0.15, 0.2) is 0 Å². The number of carbonyl (C=O) groups excluding carboxylic acids is 1. The lowest BCUT2D eigenvalue weighted by atomic mass is 10.1. The van der Waals surface area contributed by atoms with Crippen molar-refractivity contribution in [3.05, 3.63) is 34.9 Å². The van der Waals surface area contributed by atoms with Crippen LogP contribution < -0.4 is 11.1 Å². The van der Waals surface area contributed by atoms with Crippen LogP contribution in [0.4, 0.5) is 8.78 Å². The number of hydrogen-bond donors (Lipinski definition) is 2. The van der Waals surface area contributed by atoms with E-state index in [1.54, 1.807) is 0 Å². The predicted octanol–water partition coefficient (Wildman–Crippen LogP) is 2.13. The molecule has 0 aliphatic heterocycles. The van der Waals surface area contributed by atoms with E-state index in [9.17, 15) is 13.6 Å². The smallest absolute Gasteiger partial charge is 0.254 e. The molecule has 1 amide bonds. The summed E-state index contributed by atoms with van der Waals surface area (Å²) in [5.41, 5.74) is 5.60. The number of halogens is 2. The molecular formula is C13H18F2N2O. The highest BCUT2D eigenvalue weighted by atomic mass is 19.1. The Labute approximate surface area is 105 Å². The van der Waals surface area contributed by atoms with Gasteiger partial charge in [0.25, 0.3) is 5.91 Å². The fourth-order valence-corrected chi connectivity index (χ4v) is 1.69. The summed E-state index contributed by atoms with van der Waals surface area (Å²) >= 11 is 0. The summed E-state index contributed by atoms with van der Waals surface area (Å²) in [6.07, 6.45) is 1.59. The summed E-state index contributed by atoms with van der Waals surface area (Å²) in [6.45, 7) is 3.75. The number of nitrogens with one attached hydrogen (secondary N) is 1. The highest BCUT2D eigenvalue weighted by molar-refractivity contribution is 5.94. The molecule has 0 fully saturated rings. The highest BCUT2D eigenvalue weighted by Crippen LogP contribution is 2.14. The van der Waals surface area contributed by atoms with E-state index in [1.165, 1.54) is 13.0 Å². The molecule has 3 N–H and O–H groups in total. The first-order chi connectivity index (χ1) is 8.49. The van der Waals surface area contributed by atoms with Crippen LogP contribution in [-0.2, 0) is 0 Å². The van der Waals surface area contributed by atoms with Gasteiger partial charge in [-0.05, 0) is 25.0 Å². The molecule has 0 saturated carbocycles. The molecule has 100 valence electrons. The molecule has 0 aliphatic rings. The fourth-order valence-electron chi connectivity index (χ4n) is 1.69. The summed E-state index contributed by atoms with van der Waals surface area (Å²) in [5, 5.41) is 2.65. The number of rotatable bonds is 5. The monoisotopic (exact) mass is 256 g/mol. The Morgan fingerprint density at radius 2 is 2.06 bits per heavy atom. The Kier molecular flexibility index (Phi) is 5.22. The van der Waals surface area contributed by atoms with E-state index in [0.29, 0.717) is 6.54 Å². The topological polar surface area (TPSA) is 55.1 Å². The summed E-state index contributed by atoms with van der Waals surface area (Å²) in [5.74, 6) is -2.07. The van der Waals surface area contributed by atoms with Crippen LogP contribution >= 0.6 is 0 Å². The van der Waals surface area contributed by atoms with E-state index in [2.05, 4.69) is 5.32 Å². The van der Waals surface area contributed by atoms with Crippen molar-refractivity contribution in [3.63, 3.8) is 0 Å². The van der Waals surface area contributed by atoms with Crippen LogP contribution in [-0.4, -0.2) is 18.5 Å². The van der Waals surface area contributed by atoms with Gasteiger partial charge in [0, 0.05) is 18.7 Å². The van der Waals surface area contributed by atoms with Crippen LogP contribution in [0.2, 0.25) is 0 Å². The second-order valence-corrected chi connectivity index (χ2v) is 4.28. The molecule has 1 rings (SSSR count). The Hall–Kier alpha value is -1.49. The minimum atomic E-state index is -0.858. The van der Waals surface area contributed by atoms with E-state index in [0.717, 1.165) is 18.9 Å². The van der Waals surface area contributed by atoms with Gasteiger partial charge < -0.3 is 11.1 Å². The van der Waals surface area contributed by atoms with Crippen molar-refractivity contribution < 1.29 is 13.6 Å². The number of benzene rings is 1. The van der Waals surface area contributed by atoms with Gasteiger partial charge in [-0.1, -0.05) is 13.3 Å². The largest absolute Gasteiger partial charge is 0.348 e. The van der Waals surface area contributed by atoms with Gasteiger partial charge in [0.2, 0.25) is 0 Å². The standard InChI is InChI=1S/C13H18F2N2O/c1-3-4-9(7-16)17-13(18)10-5-8(2)11(14)6-12(10)15/h5-6,9H,3-4,7,16H2,1-2H3,(H,17,18). The van der Waals surface area contributed by atoms with Crippen molar-refractivity contribution in [2.45, 2.75) is 32.7 Å². The first-order valence-corrected chi connectivity index (χ1v) is 5.96. The molecule has 0 radical (unpaired) electrons. The number of hydrogen-bond acceptors (Lipinski definition) is 2. The fraction of sp³-hybridized carbons (Fsp3) is 0.462. The van der Waals surface area contributed by atoms with E-state index in [1.807, 2.05) is 6.92 Å². The average molecular weight is 256 g/mol. The molecule has 0 bridgehead atoms. The lowest BCUT2D eigenvalue weighted by Crippen LogP contribution is -2.40. The molecule has 3 nitrogen and oxygen atoms in total. The Bertz CT molecular complexity index is 435. The highest BCUT2D eigenvalue weighted by Gasteiger charge is 2.17. The maximum atomic E-state index is 13.5. The van der Waals surface area contributed by atoms with Crippen LogP contribution in [0, 0.1) is 18.6 Å². The van der Waals surface area contributed by atoms with E-state index in [4.69, 9.17) is 5.73 Å². The zero-order valence-corrected chi connectivity index (χ0v) is 10.6.